The number of thiophene rings is 3. The molecule has 2 aliphatic rings. The lowest BCUT2D eigenvalue weighted by Crippen LogP contribution is -2.52. The van der Waals surface area contributed by atoms with Gasteiger partial charge < -0.3 is 0 Å². The van der Waals surface area contributed by atoms with Gasteiger partial charge in [-0.15, -0.1) is 34.0 Å². The van der Waals surface area contributed by atoms with Crippen LogP contribution in [0.2, 0.25) is 0 Å². The van der Waals surface area contributed by atoms with Crippen LogP contribution in [0.4, 0.5) is 9.59 Å². The summed E-state index contributed by atoms with van der Waals surface area (Å²) in [6.45, 7) is -13.9. The minimum atomic E-state index is -3.48. The van der Waals surface area contributed by atoms with Crippen molar-refractivity contribution in [3.8, 4) is 19.5 Å². The Bertz CT molecular complexity index is 1950. The predicted octanol–water partition coefficient (Wildman–Crippen LogP) is 4.07. The first kappa shape index (κ1) is 14.3. The van der Waals surface area contributed by atoms with Gasteiger partial charge in [0.05, 0.1) is 2.74 Å². The summed E-state index contributed by atoms with van der Waals surface area (Å²) >= 11 is 2.90. The molecule has 5 rings (SSSR count). The molecule has 0 aromatic carbocycles. The standard InChI is InChI=1S/C26H20N4O6S3/c1-27-21(31)15(22(32)28(2)25(27)35)11-13-5-7-17(37-13)19-9-10-20(39-19)18-8-6-14(38-18)12-16-23(33)29(3)26(36)30(4)24(16)34/h5-12H,1-4H3/i1D3,2D3,3D3,4D3,11D,12D. The molecule has 2 fully saturated rings. The van der Waals surface area contributed by atoms with Crippen LogP contribution in [0.1, 0.15) is 28.9 Å². The second kappa shape index (κ2) is 9.84. The Morgan fingerprint density at radius 2 is 0.846 bits per heavy atom. The van der Waals surface area contributed by atoms with Gasteiger partial charge in [0.15, 0.2) is 0 Å². The van der Waals surface area contributed by atoms with Gasteiger partial charge in [0.1, 0.15) is 11.1 Å². The van der Waals surface area contributed by atoms with Crippen molar-refractivity contribution in [3.05, 3.63) is 57.3 Å². The van der Waals surface area contributed by atoms with E-state index in [-0.39, 0.29) is 29.4 Å². The van der Waals surface area contributed by atoms with Crippen molar-refractivity contribution >= 4 is 81.8 Å². The highest BCUT2D eigenvalue weighted by Crippen LogP contribution is 2.41. The Kier molecular flexibility index (Phi) is 3.60. The summed E-state index contributed by atoms with van der Waals surface area (Å²) in [6, 6.07) is 3.48. The van der Waals surface area contributed by atoms with E-state index in [2.05, 4.69) is 0 Å². The Hall–Kier alpha value is -4.20. The van der Waals surface area contributed by atoms with Gasteiger partial charge in [-0.05, 0) is 48.5 Å². The smallest absolute Gasteiger partial charge is 0.268 e. The molecule has 0 unspecified atom stereocenters. The van der Waals surface area contributed by atoms with Crippen molar-refractivity contribution in [2.45, 2.75) is 0 Å². The van der Waals surface area contributed by atoms with Crippen LogP contribution >= 0.6 is 34.0 Å². The Morgan fingerprint density at radius 1 is 0.538 bits per heavy atom. The van der Waals surface area contributed by atoms with Crippen molar-refractivity contribution in [1.29, 1.82) is 0 Å². The molecule has 2 aliphatic heterocycles. The molecule has 0 spiro atoms. The van der Waals surface area contributed by atoms with E-state index in [1.54, 1.807) is 12.1 Å². The molecule has 3 aromatic rings. The Labute approximate surface area is 254 Å². The summed E-state index contributed by atoms with van der Waals surface area (Å²) in [5.74, 6) is -6.68. The highest BCUT2D eigenvalue weighted by Gasteiger charge is 2.39. The van der Waals surface area contributed by atoms with Crippen LogP contribution in [-0.4, -0.2) is 83.2 Å². The van der Waals surface area contributed by atoms with Crippen molar-refractivity contribution in [3.63, 3.8) is 0 Å². The first-order chi connectivity index (χ1) is 24.2. The predicted molar refractivity (Wildman–Crippen MR) is 149 cm³/mol. The topological polar surface area (TPSA) is 115 Å². The third-order valence-corrected chi connectivity index (χ3v) is 8.71. The van der Waals surface area contributed by atoms with Crippen LogP contribution < -0.4 is 0 Å². The molecule has 0 atom stereocenters. The molecule has 8 amide bonds. The van der Waals surface area contributed by atoms with Gasteiger partial charge in [0.25, 0.3) is 23.6 Å². The number of hydrogen-bond donors (Lipinski definition) is 0. The van der Waals surface area contributed by atoms with Gasteiger partial charge in [-0.25, -0.2) is 9.59 Å². The molecule has 0 saturated carbocycles. The van der Waals surface area contributed by atoms with Crippen molar-refractivity contribution < 1.29 is 48.0 Å². The molecule has 0 bridgehead atoms. The van der Waals surface area contributed by atoms with Gasteiger partial charge in [-0.1, -0.05) is 0 Å². The minimum Gasteiger partial charge on any atom is -0.268 e. The highest BCUT2D eigenvalue weighted by atomic mass is 32.1. The summed E-state index contributed by atoms with van der Waals surface area (Å²) in [4.78, 5) is 77.9. The third kappa shape index (κ3) is 4.54. The zero-order chi connectivity index (χ0) is 39.9. The highest BCUT2D eigenvalue weighted by molar-refractivity contribution is 7.26. The summed E-state index contributed by atoms with van der Waals surface area (Å²) in [5.41, 5.74) is -2.29. The lowest BCUT2D eigenvalue weighted by Gasteiger charge is -2.28. The summed E-state index contributed by atoms with van der Waals surface area (Å²) in [5, 5.41) is 0. The molecule has 13 heteroatoms. The summed E-state index contributed by atoms with van der Waals surface area (Å²) in [6.07, 6.45) is 0. The van der Waals surface area contributed by atoms with E-state index in [1.165, 1.54) is 24.3 Å². The van der Waals surface area contributed by atoms with E-state index in [0.717, 1.165) is 34.0 Å². The molecular formula is C26H20N4O6S3. The molecule has 0 N–H and O–H groups in total. The van der Waals surface area contributed by atoms with Gasteiger partial charge >= 0.3 is 12.1 Å². The monoisotopic (exact) mass is 594 g/mol. The molecule has 0 aliphatic carbocycles. The van der Waals surface area contributed by atoms with Crippen LogP contribution in [0.3, 0.4) is 0 Å². The minimum absolute atomic E-state index is 0.0571. The van der Waals surface area contributed by atoms with E-state index in [0.29, 0.717) is 19.5 Å². The number of hydrogen-bond acceptors (Lipinski definition) is 9. The molecule has 0 radical (unpaired) electrons. The number of amides is 8. The van der Waals surface area contributed by atoms with Crippen molar-refractivity contribution in [2.24, 2.45) is 0 Å². The average molecular weight is 595 g/mol. The summed E-state index contributed by atoms with van der Waals surface area (Å²) < 4.78 is 108. The number of rotatable bonds is 4. The molecule has 3 aromatic heterocycles. The van der Waals surface area contributed by atoms with Crippen molar-refractivity contribution in [2.75, 3.05) is 27.9 Å². The number of carbonyl (C=O) groups excluding carboxylic acids is 6. The third-order valence-electron chi connectivity index (χ3n) is 5.23. The number of carbonyl (C=O) groups is 6. The van der Waals surface area contributed by atoms with E-state index in [1.807, 2.05) is 0 Å². The molecule has 10 nitrogen and oxygen atoms in total. The maximum absolute atomic E-state index is 13.1. The number of imide groups is 4. The van der Waals surface area contributed by atoms with Crippen molar-refractivity contribution in [1.82, 2.24) is 19.6 Å². The van der Waals surface area contributed by atoms with Crippen LogP contribution in [0, 0.1) is 0 Å². The second-order valence-corrected chi connectivity index (χ2v) is 10.9. The largest absolute Gasteiger partial charge is 0.333 e. The normalized spacial score (nSPS) is 23.3. The van der Waals surface area contributed by atoms with Crippen LogP contribution in [0.25, 0.3) is 31.6 Å². The van der Waals surface area contributed by atoms with Crippen LogP contribution in [0.5, 0.6) is 0 Å². The number of barbiturate groups is 2. The first-order valence-electron chi connectivity index (χ1n) is 17.4. The zero-order valence-corrected chi connectivity index (χ0v) is 21.4. The fraction of sp³-hybridized carbons (Fsp3) is 0.154. The number of likely N-dealkylation sites (N-methyl/N-ethyl adjacent to an activating group) is 4. The number of nitrogens with zero attached hydrogens (tertiary/aromatic N) is 4. The Morgan fingerprint density at radius 3 is 1.18 bits per heavy atom. The number of urea groups is 2. The second-order valence-electron chi connectivity index (χ2n) is 7.62. The first-order valence-corrected chi connectivity index (χ1v) is 12.8. The van der Waals surface area contributed by atoms with E-state index in [4.69, 9.17) is 19.2 Å². The lowest BCUT2D eigenvalue weighted by atomic mass is 10.1. The quantitative estimate of drug-likeness (QED) is 0.332. The summed E-state index contributed by atoms with van der Waals surface area (Å²) in [7, 11) is 0. The van der Waals surface area contributed by atoms with E-state index >= 15 is 0 Å². The van der Waals surface area contributed by atoms with Gasteiger partial charge in [0.2, 0.25) is 0 Å². The maximum atomic E-state index is 13.1. The lowest BCUT2D eigenvalue weighted by molar-refractivity contribution is -0.135. The molecule has 198 valence electrons. The van der Waals surface area contributed by atoms with E-state index < -0.39 is 86.8 Å². The zero-order valence-electron chi connectivity index (χ0n) is 32.9. The average Bonchev–Trinajstić information content (AvgIpc) is 3.74. The molecule has 5 heterocycles. The van der Waals surface area contributed by atoms with E-state index in [9.17, 15) is 28.8 Å². The molecular weight excluding hydrogens is 561 g/mol. The maximum Gasteiger partial charge on any atom is 0.333 e. The molecule has 2 saturated heterocycles. The SMILES string of the molecule is [2H]C(=C1C(=O)N(C([2H])([2H])[2H])C(=O)N(C([2H])([2H])[2H])C1=O)c1ccc(-c2ccc(-c3ccc(C([2H])=C4C(=O)N(C([2H])([2H])[2H])C(=O)N(C([2H])([2H])[2H])C4=O)s3)s2)s1. The van der Waals surface area contributed by atoms with Gasteiger partial charge in [0, 0.05) is 73.6 Å². The van der Waals surface area contributed by atoms with Gasteiger partial charge in [-0.2, -0.15) is 0 Å². The van der Waals surface area contributed by atoms with Crippen LogP contribution in [-0.2, 0) is 19.2 Å². The van der Waals surface area contributed by atoms with Crippen LogP contribution in [0.15, 0.2) is 47.5 Å². The fourth-order valence-corrected chi connectivity index (χ4v) is 6.32. The molecule has 39 heavy (non-hydrogen) atoms. The Balaban J connectivity index is 1.48. The fourth-order valence-electron chi connectivity index (χ4n) is 3.32. The van der Waals surface area contributed by atoms with Gasteiger partial charge in [-0.3, -0.25) is 38.8 Å².